The Bertz CT molecular complexity index is 1100. The van der Waals surface area contributed by atoms with Crippen molar-refractivity contribution < 1.29 is 17.9 Å². The fraction of sp³-hybridized carbons (Fsp3) is 0.458. The minimum atomic E-state index is -3.23. The van der Waals surface area contributed by atoms with E-state index >= 15 is 0 Å². The molecule has 2 fully saturated rings. The predicted octanol–water partition coefficient (Wildman–Crippen LogP) is 4.32. The second-order valence-corrected chi connectivity index (χ2v) is 11.0. The van der Waals surface area contributed by atoms with Crippen LogP contribution in [0.5, 0.6) is 5.75 Å². The Morgan fingerprint density at radius 2 is 1.94 bits per heavy atom. The van der Waals surface area contributed by atoms with Crippen molar-refractivity contribution >= 4 is 21.8 Å². The molecule has 1 amide bonds. The minimum absolute atomic E-state index is 0.0209. The van der Waals surface area contributed by atoms with Gasteiger partial charge in [-0.25, -0.2) is 13.2 Å². The number of rotatable bonds is 3. The Morgan fingerprint density at radius 1 is 1.13 bits per heavy atom. The molecular formula is C24H28N2O4S. The zero-order valence-electron chi connectivity index (χ0n) is 17.7. The molecule has 2 aliphatic carbocycles. The number of carbonyl (C=O) groups is 1. The van der Waals surface area contributed by atoms with Crippen LogP contribution >= 0.6 is 0 Å². The lowest BCUT2D eigenvalue weighted by atomic mass is 9.53. The van der Waals surface area contributed by atoms with Crippen LogP contribution in [0.15, 0.2) is 48.5 Å². The molecule has 1 heterocycles. The van der Waals surface area contributed by atoms with E-state index in [2.05, 4.69) is 5.32 Å². The molecule has 0 radical (unpaired) electrons. The molecule has 0 aromatic heterocycles. The van der Waals surface area contributed by atoms with Crippen molar-refractivity contribution in [1.82, 2.24) is 4.31 Å². The van der Waals surface area contributed by atoms with Gasteiger partial charge in [-0.2, -0.15) is 4.31 Å². The number of benzene rings is 2. The molecular weight excluding hydrogens is 412 g/mol. The number of piperidine rings is 1. The van der Waals surface area contributed by atoms with Crippen molar-refractivity contribution in [1.29, 1.82) is 0 Å². The number of fused-ring (bicyclic) bond motifs is 1. The van der Waals surface area contributed by atoms with E-state index in [0.29, 0.717) is 23.9 Å². The highest BCUT2D eigenvalue weighted by Crippen LogP contribution is 2.56. The SMILES string of the molecule is CS(=O)(=O)N1CC[C@]23CCCC[C@H]2[C@H]1Cc1ccc(OC(=O)Nc2ccccc2)cc13. The van der Waals surface area contributed by atoms with E-state index in [1.165, 1.54) is 17.4 Å². The van der Waals surface area contributed by atoms with Crippen LogP contribution in [-0.4, -0.2) is 37.7 Å². The molecule has 1 saturated heterocycles. The Labute approximate surface area is 183 Å². The van der Waals surface area contributed by atoms with Gasteiger partial charge in [0, 0.05) is 23.7 Å². The standard InChI is InChI=1S/C24H28N2O4S/c1-31(28,29)26-14-13-24-12-6-5-9-20(24)22(26)15-17-10-11-19(16-21(17)24)30-23(27)25-18-7-3-2-4-8-18/h2-4,7-8,10-11,16,20,22H,5-6,9,12-15H2,1H3,(H,25,27)/t20-,22+,24+/m0/s1. The smallest absolute Gasteiger partial charge is 0.410 e. The van der Waals surface area contributed by atoms with Crippen LogP contribution in [0.4, 0.5) is 10.5 Å². The first-order chi connectivity index (χ1) is 14.9. The van der Waals surface area contributed by atoms with Crippen molar-refractivity contribution in [3.8, 4) is 5.75 Å². The van der Waals surface area contributed by atoms with Crippen LogP contribution in [0.25, 0.3) is 0 Å². The number of carbonyl (C=O) groups excluding carboxylic acids is 1. The number of ether oxygens (including phenoxy) is 1. The molecule has 5 rings (SSSR count). The number of hydrogen-bond acceptors (Lipinski definition) is 4. The van der Waals surface area contributed by atoms with Gasteiger partial charge in [0.1, 0.15) is 5.75 Å². The molecule has 6 nitrogen and oxygen atoms in total. The van der Waals surface area contributed by atoms with E-state index in [1.54, 1.807) is 4.31 Å². The van der Waals surface area contributed by atoms with Gasteiger partial charge in [0.25, 0.3) is 0 Å². The van der Waals surface area contributed by atoms with Crippen molar-refractivity contribution in [2.45, 2.75) is 50.0 Å². The number of hydrogen-bond donors (Lipinski definition) is 1. The number of nitrogens with one attached hydrogen (secondary N) is 1. The number of sulfonamides is 1. The van der Waals surface area contributed by atoms with Gasteiger partial charge < -0.3 is 4.74 Å². The first-order valence-corrected chi connectivity index (χ1v) is 12.9. The Hall–Kier alpha value is -2.38. The van der Waals surface area contributed by atoms with Gasteiger partial charge >= 0.3 is 6.09 Å². The highest BCUT2D eigenvalue weighted by atomic mass is 32.2. The van der Waals surface area contributed by atoms with E-state index in [0.717, 1.165) is 38.5 Å². The maximum Gasteiger partial charge on any atom is 0.417 e. The van der Waals surface area contributed by atoms with Crippen LogP contribution in [0, 0.1) is 5.92 Å². The van der Waals surface area contributed by atoms with Crippen molar-refractivity contribution in [3.05, 3.63) is 59.7 Å². The molecule has 1 aliphatic heterocycles. The topological polar surface area (TPSA) is 75.7 Å². The summed E-state index contributed by atoms with van der Waals surface area (Å²) < 4.78 is 32.3. The maximum atomic E-state index is 12.5. The van der Waals surface area contributed by atoms with Crippen molar-refractivity contribution in [2.24, 2.45) is 5.92 Å². The molecule has 0 unspecified atom stereocenters. The zero-order valence-corrected chi connectivity index (χ0v) is 18.5. The van der Waals surface area contributed by atoms with E-state index < -0.39 is 16.1 Å². The summed E-state index contributed by atoms with van der Waals surface area (Å²) >= 11 is 0. The second kappa shape index (κ2) is 7.64. The third-order valence-corrected chi connectivity index (χ3v) is 8.72. The molecule has 2 bridgehead atoms. The first kappa shape index (κ1) is 20.5. The lowest BCUT2D eigenvalue weighted by Gasteiger charge is -2.58. The van der Waals surface area contributed by atoms with Gasteiger partial charge in [-0.05, 0) is 67.0 Å². The molecule has 1 saturated carbocycles. The van der Waals surface area contributed by atoms with Crippen LogP contribution in [-0.2, 0) is 21.9 Å². The molecule has 164 valence electrons. The molecule has 1 N–H and O–H groups in total. The lowest BCUT2D eigenvalue weighted by molar-refractivity contribution is 0.0318. The third kappa shape index (κ3) is 3.64. The summed E-state index contributed by atoms with van der Waals surface area (Å²) in [5.41, 5.74) is 3.11. The molecule has 2 aromatic carbocycles. The minimum Gasteiger partial charge on any atom is -0.410 e. The normalized spacial score (nSPS) is 27.6. The van der Waals surface area contributed by atoms with Gasteiger partial charge in [-0.15, -0.1) is 0 Å². The number of nitrogens with zero attached hydrogens (tertiary/aromatic N) is 1. The number of amides is 1. The van der Waals surface area contributed by atoms with Crippen LogP contribution in [0.3, 0.4) is 0 Å². The molecule has 0 spiro atoms. The maximum absolute atomic E-state index is 12.5. The average molecular weight is 441 g/mol. The molecule has 2 aromatic rings. The van der Waals surface area contributed by atoms with Gasteiger partial charge in [-0.3, -0.25) is 5.32 Å². The highest BCUT2D eigenvalue weighted by molar-refractivity contribution is 7.88. The Morgan fingerprint density at radius 3 is 2.71 bits per heavy atom. The molecule has 31 heavy (non-hydrogen) atoms. The quantitative estimate of drug-likeness (QED) is 0.771. The van der Waals surface area contributed by atoms with Crippen LogP contribution in [0.1, 0.15) is 43.2 Å². The fourth-order valence-corrected chi connectivity index (χ4v) is 7.33. The van der Waals surface area contributed by atoms with Gasteiger partial charge in [0.05, 0.1) is 6.26 Å². The van der Waals surface area contributed by atoms with Gasteiger partial charge in [0.2, 0.25) is 10.0 Å². The van der Waals surface area contributed by atoms with E-state index in [-0.39, 0.29) is 11.5 Å². The Balaban J connectivity index is 1.45. The summed E-state index contributed by atoms with van der Waals surface area (Å²) in [5, 5.41) is 2.76. The third-order valence-electron chi connectivity index (χ3n) is 7.41. The molecule has 3 atom stereocenters. The van der Waals surface area contributed by atoms with E-state index in [9.17, 15) is 13.2 Å². The number of para-hydroxylation sites is 1. The summed E-state index contributed by atoms with van der Waals surface area (Å²) in [6, 6.07) is 15.1. The monoisotopic (exact) mass is 440 g/mol. The fourth-order valence-electron chi connectivity index (χ4n) is 6.20. The van der Waals surface area contributed by atoms with Gasteiger partial charge in [-0.1, -0.05) is 37.1 Å². The van der Waals surface area contributed by atoms with E-state index in [1.807, 2.05) is 48.5 Å². The average Bonchev–Trinajstić information content (AvgIpc) is 2.74. The Kier molecular flexibility index (Phi) is 5.06. The van der Waals surface area contributed by atoms with E-state index in [4.69, 9.17) is 4.74 Å². The molecule has 7 heteroatoms. The van der Waals surface area contributed by atoms with Crippen molar-refractivity contribution in [3.63, 3.8) is 0 Å². The molecule has 3 aliphatic rings. The summed E-state index contributed by atoms with van der Waals surface area (Å²) in [5.74, 6) is 0.862. The number of anilines is 1. The van der Waals surface area contributed by atoms with Crippen molar-refractivity contribution in [2.75, 3.05) is 18.1 Å². The highest BCUT2D eigenvalue weighted by Gasteiger charge is 2.55. The summed E-state index contributed by atoms with van der Waals surface area (Å²) in [4.78, 5) is 12.4. The summed E-state index contributed by atoms with van der Waals surface area (Å²) in [6.45, 7) is 0.568. The largest absolute Gasteiger partial charge is 0.417 e. The van der Waals surface area contributed by atoms with Crippen LogP contribution < -0.4 is 10.1 Å². The lowest BCUT2D eigenvalue weighted by Crippen LogP contribution is -2.61. The zero-order chi connectivity index (χ0) is 21.6. The second-order valence-electron chi connectivity index (χ2n) is 9.10. The summed E-state index contributed by atoms with van der Waals surface area (Å²) in [7, 11) is -3.23. The van der Waals surface area contributed by atoms with Gasteiger partial charge in [0.15, 0.2) is 0 Å². The van der Waals surface area contributed by atoms with Crippen LogP contribution in [0.2, 0.25) is 0 Å². The summed E-state index contributed by atoms with van der Waals surface area (Å²) in [6.07, 6.45) is 6.80. The predicted molar refractivity (Wildman–Crippen MR) is 120 cm³/mol. The first-order valence-electron chi connectivity index (χ1n) is 11.0.